The Bertz CT molecular complexity index is 3090. The molecule has 6 aromatic carbocycles. The normalized spacial score (nSPS) is 16.9. The van der Waals surface area contributed by atoms with E-state index in [1.807, 2.05) is 48.7 Å². The van der Waals surface area contributed by atoms with Crippen molar-refractivity contribution in [1.29, 1.82) is 0 Å². The summed E-state index contributed by atoms with van der Waals surface area (Å²) in [7, 11) is 0. The molecule has 0 unspecified atom stereocenters. The number of fused-ring (bicyclic) bond motifs is 7. The van der Waals surface area contributed by atoms with Crippen molar-refractivity contribution in [3.8, 4) is 33.6 Å². The van der Waals surface area contributed by atoms with Crippen molar-refractivity contribution in [3.05, 3.63) is 169 Å². The molecule has 279 valence electrons. The molecule has 1 radical (unpaired) electrons. The third kappa shape index (κ3) is 7.32. The SMILES string of the molecule is [2H]C([2H])([2H])c1ccc(-c2[c-]cc(C([2H])([2H])[2H])c(-c3ccccc3)c2)nc1.[2H]C1(c2ccnc(-c3[c-]ccc4c3oc3c4ccc4ccc5ccccc5c43)c2)CCC(C)(C)CC1.[Ir]. The molecule has 3 nitrogen and oxygen atoms in total. The molecule has 0 spiro atoms. The van der Waals surface area contributed by atoms with Crippen LogP contribution in [0.25, 0.3) is 77.1 Å². The molecule has 3 heterocycles. The van der Waals surface area contributed by atoms with Crippen molar-refractivity contribution in [3.63, 3.8) is 0 Å². The van der Waals surface area contributed by atoms with E-state index in [0.29, 0.717) is 22.2 Å². The fourth-order valence-electron chi connectivity index (χ4n) is 7.83. The second kappa shape index (κ2) is 15.6. The summed E-state index contributed by atoms with van der Waals surface area (Å²) in [5, 5.41) is 6.89. The first-order chi connectivity index (χ1) is 29.6. The van der Waals surface area contributed by atoms with Gasteiger partial charge in [0.15, 0.2) is 0 Å². The van der Waals surface area contributed by atoms with Gasteiger partial charge < -0.3 is 14.4 Å². The Morgan fingerprint density at radius 1 is 0.732 bits per heavy atom. The van der Waals surface area contributed by atoms with Crippen molar-refractivity contribution in [2.75, 3.05) is 0 Å². The molecular weight excluding hydrogens is 861 g/mol. The van der Waals surface area contributed by atoms with Crippen LogP contribution in [-0.4, -0.2) is 9.97 Å². The van der Waals surface area contributed by atoms with Crippen molar-refractivity contribution in [2.24, 2.45) is 5.41 Å². The van der Waals surface area contributed by atoms with Gasteiger partial charge in [0.1, 0.15) is 5.58 Å². The first-order valence-corrected chi connectivity index (χ1v) is 18.8. The van der Waals surface area contributed by atoms with Gasteiger partial charge in [-0.3, -0.25) is 0 Å². The van der Waals surface area contributed by atoms with Crippen molar-refractivity contribution >= 4 is 43.5 Å². The Balaban J connectivity index is 0.000000180. The molecular formula is C52H44IrN2O-2. The number of furan rings is 1. The number of aryl methyl sites for hydroxylation is 2. The van der Waals surface area contributed by atoms with Crippen LogP contribution in [0.5, 0.6) is 0 Å². The molecule has 3 aromatic heterocycles. The Morgan fingerprint density at radius 3 is 2.32 bits per heavy atom. The van der Waals surface area contributed by atoms with Crippen LogP contribution in [0, 0.1) is 31.3 Å². The van der Waals surface area contributed by atoms with Crippen LogP contribution in [0.4, 0.5) is 0 Å². The summed E-state index contributed by atoms with van der Waals surface area (Å²) >= 11 is 0. The standard InChI is InChI=1S/C33H28NO.C19H16N.Ir/c1-33(2)17-14-21(15-18-33)24-16-19-34-29(20-24)28-9-5-8-26-27-13-12-23-11-10-22-6-3-4-7-25(22)30(23)32(27)35-31(26)28;1-14-8-11-19(20-13-14)17-10-9-15(2)18(12-17)16-6-4-3-5-7-16;/h3-8,10-13,16,19-21H,14-15,17-18H2,1-2H3;3-9,11-13H,1-2H3;/q2*-1;/i21D;1D3,2D3;. The molecule has 1 aliphatic rings. The van der Waals surface area contributed by atoms with Crippen molar-refractivity contribution < 1.29 is 34.1 Å². The molecule has 0 bridgehead atoms. The molecule has 0 amide bonds. The van der Waals surface area contributed by atoms with E-state index in [2.05, 4.69) is 91.6 Å². The maximum atomic E-state index is 9.25. The van der Waals surface area contributed by atoms with E-state index in [9.17, 15) is 1.37 Å². The van der Waals surface area contributed by atoms with Crippen LogP contribution in [-0.2, 0) is 20.1 Å². The molecule has 0 saturated heterocycles. The van der Waals surface area contributed by atoms with E-state index < -0.39 is 19.6 Å². The second-order valence-corrected chi connectivity index (χ2v) is 15.2. The van der Waals surface area contributed by atoms with Crippen LogP contribution in [0.2, 0.25) is 0 Å². The molecule has 4 heteroatoms. The van der Waals surface area contributed by atoms with E-state index in [0.717, 1.165) is 75.4 Å². The number of aromatic nitrogens is 2. The molecule has 56 heavy (non-hydrogen) atoms. The van der Waals surface area contributed by atoms with Gasteiger partial charge in [-0.25, -0.2) is 0 Å². The van der Waals surface area contributed by atoms with Crippen LogP contribution in [0.15, 0.2) is 144 Å². The fraction of sp³-hybridized carbons (Fsp3) is 0.192. The van der Waals surface area contributed by atoms with Crippen LogP contribution in [0.3, 0.4) is 0 Å². The second-order valence-electron chi connectivity index (χ2n) is 15.2. The van der Waals surface area contributed by atoms with Crippen LogP contribution in [0.1, 0.15) is 71.7 Å². The number of benzene rings is 6. The zero-order chi connectivity index (χ0) is 43.4. The topological polar surface area (TPSA) is 38.9 Å². The quantitative estimate of drug-likeness (QED) is 0.130. The third-order valence-electron chi connectivity index (χ3n) is 11.0. The monoisotopic (exact) mass is 912 g/mol. The molecule has 9 aromatic rings. The average molecular weight is 912 g/mol. The molecule has 1 saturated carbocycles. The summed E-state index contributed by atoms with van der Waals surface area (Å²) in [6, 6.07) is 47.3. The molecule has 0 N–H and O–H groups in total. The number of rotatable bonds is 4. The molecule has 0 atom stereocenters. The molecule has 10 rings (SSSR count). The van der Waals surface area contributed by atoms with Gasteiger partial charge in [0.25, 0.3) is 0 Å². The van der Waals surface area contributed by atoms with Gasteiger partial charge in [-0.1, -0.05) is 140 Å². The number of pyridine rings is 2. The number of hydrogen-bond donors (Lipinski definition) is 0. The maximum absolute atomic E-state index is 9.25. The zero-order valence-electron chi connectivity index (χ0n) is 38.2. The predicted molar refractivity (Wildman–Crippen MR) is 229 cm³/mol. The summed E-state index contributed by atoms with van der Waals surface area (Å²) in [5.41, 5.74) is 7.64. The smallest absolute Gasteiger partial charge is 0.129 e. The van der Waals surface area contributed by atoms with Gasteiger partial charge in [-0.15, -0.1) is 47.5 Å². The predicted octanol–water partition coefficient (Wildman–Crippen LogP) is 14.3. The first-order valence-electron chi connectivity index (χ1n) is 22.3. The van der Waals surface area contributed by atoms with Crippen LogP contribution >= 0.6 is 0 Å². The summed E-state index contributed by atoms with van der Waals surface area (Å²) in [4.78, 5) is 8.93. The van der Waals surface area contributed by atoms with Crippen molar-refractivity contribution in [2.45, 2.75) is 59.1 Å². The Kier molecular flexibility index (Phi) is 8.32. The van der Waals surface area contributed by atoms with E-state index in [1.54, 1.807) is 12.1 Å². The molecule has 1 fully saturated rings. The van der Waals surface area contributed by atoms with Crippen molar-refractivity contribution in [1.82, 2.24) is 9.97 Å². The van der Waals surface area contributed by atoms with Gasteiger partial charge in [-0.05, 0) is 88.6 Å². The number of hydrogen-bond acceptors (Lipinski definition) is 3. The summed E-state index contributed by atoms with van der Waals surface area (Å²) < 4.78 is 61.5. The fourth-order valence-corrected chi connectivity index (χ4v) is 7.83. The van der Waals surface area contributed by atoms with E-state index >= 15 is 0 Å². The minimum atomic E-state index is -2.27. The van der Waals surface area contributed by atoms with Gasteiger partial charge in [0, 0.05) is 52.9 Å². The zero-order valence-corrected chi connectivity index (χ0v) is 33.6. The Labute approximate surface area is 353 Å². The van der Waals surface area contributed by atoms with Gasteiger partial charge >= 0.3 is 0 Å². The van der Waals surface area contributed by atoms with E-state index in [-0.39, 0.29) is 31.2 Å². The average Bonchev–Trinajstić information content (AvgIpc) is 3.66. The summed E-state index contributed by atoms with van der Waals surface area (Å²) in [6.45, 7) is 0.151. The first kappa shape index (κ1) is 29.8. The van der Waals surface area contributed by atoms with Crippen LogP contribution < -0.4 is 0 Å². The molecule has 0 aliphatic heterocycles. The Hall–Kier alpha value is -5.41. The van der Waals surface area contributed by atoms with E-state index in [4.69, 9.17) is 17.6 Å². The van der Waals surface area contributed by atoms with E-state index in [1.165, 1.54) is 34.5 Å². The minimum absolute atomic E-state index is 0. The minimum Gasteiger partial charge on any atom is -0.500 e. The van der Waals surface area contributed by atoms with Gasteiger partial charge in [-0.2, -0.15) is 0 Å². The van der Waals surface area contributed by atoms with Gasteiger partial charge in [0.05, 0.1) is 5.58 Å². The van der Waals surface area contributed by atoms with Gasteiger partial charge in [0.2, 0.25) is 0 Å². The Morgan fingerprint density at radius 2 is 1.52 bits per heavy atom. The third-order valence-corrected chi connectivity index (χ3v) is 11.0. The number of nitrogens with zero attached hydrogens (tertiary/aromatic N) is 2. The maximum Gasteiger partial charge on any atom is 0.129 e. The molecule has 1 aliphatic carbocycles. The largest absolute Gasteiger partial charge is 0.500 e. The summed E-state index contributed by atoms with van der Waals surface area (Å²) in [5.74, 6) is -0.565. The summed E-state index contributed by atoms with van der Waals surface area (Å²) in [6.07, 6.45) is 7.05.